The molecule has 0 aromatic heterocycles. The highest BCUT2D eigenvalue weighted by atomic mass is 35.5. The maximum Gasteiger partial charge on any atom is 0.238 e. The average Bonchev–Trinajstić information content (AvgIpc) is 3.21. The molecular weight excluding hydrogens is 546 g/mol. The molecule has 8 nitrogen and oxygen atoms in total. The zero-order valence-electron chi connectivity index (χ0n) is 23.0. The Hall–Kier alpha value is -4.17. The van der Waals surface area contributed by atoms with E-state index >= 15 is 0 Å². The van der Waals surface area contributed by atoms with E-state index in [1.165, 1.54) is 37.3 Å². The van der Waals surface area contributed by atoms with E-state index in [1.54, 1.807) is 25.1 Å². The Bertz CT molecular complexity index is 1640. The van der Waals surface area contributed by atoms with Crippen LogP contribution in [0.2, 0.25) is 5.02 Å². The zero-order chi connectivity index (χ0) is 29.3. The van der Waals surface area contributed by atoms with Gasteiger partial charge in [0.15, 0.2) is 11.6 Å². The van der Waals surface area contributed by atoms with Gasteiger partial charge in [0, 0.05) is 45.4 Å². The van der Waals surface area contributed by atoms with Crippen LogP contribution in [0.4, 0.5) is 5.69 Å². The highest BCUT2D eigenvalue weighted by Crippen LogP contribution is 2.58. The molecule has 1 fully saturated rings. The lowest BCUT2D eigenvalue weighted by atomic mass is 9.59. The third-order valence-electron chi connectivity index (χ3n) is 8.79. The van der Waals surface area contributed by atoms with Gasteiger partial charge in [-0.25, -0.2) is 4.90 Å². The van der Waals surface area contributed by atoms with E-state index in [0.29, 0.717) is 33.0 Å². The van der Waals surface area contributed by atoms with Crippen molar-refractivity contribution in [3.63, 3.8) is 0 Å². The van der Waals surface area contributed by atoms with Crippen LogP contribution in [0.5, 0.6) is 17.2 Å². The number of aryl methyl sites for hydroxylation is 1. The first-order chi connectivity index (χ1) is 19.6. The van der Waals surface area contributed by atoms with Crippen LogP contribution < -0.4 is 14.4 Å². The molecule has 1 N–H and O–H groups in total. The first kappa shape index (κ1) is 27.0. The molecule has 1 aliphatic heterocycles. The van der Waals surface area contributed by atoms with Crippen LogP contribution in [0.15, 0.2) is 64.8 Å². The number of halogens is 1. The topological polar surface area (TPSA) is 110 Å². The number of carbonyl (C=O) groups is 4. The molecule has 0 radical (unpaired) electrons. The Balaban J connectivity index is 1.54. The van der Waals surface area contributed by atoms with Crippen LogP contribution in [0.3, 0.4) is 0 Å². The van der Waals surface area contributed by atoms with E-state index in [2.05, 4.69) is 0 Å². The van der Waals surface area contributed by atoms with E-state index in [-0.39, 0.29) is 53.5 Å². The number of methoxy groups -OCH3 is 2. The average molecular weight is 574 g/mol. The number of allylic oxidation sites excluding steroid dienone is 6. The number of hydrogen-bond donors (Lipinski definition) is 1. The molecule has 4 unspecified atom stereocenters. The third-order valence-corrected chi connectivity index (χ3v) is 9.20. The first-order valence-corrected chi connectivity index (χ1v) is 13.7. The monoisotopic (exact) mass is 573 g/mol. The number of carbonyl (C=O) groups excluding carboxylic acids is 4. The van der Waals surface area contributed by atoms with Gasteiger partial charge in [-0.3, -0.25) is 19.2 Å². The number of ether oxygens (including phenoxy) is 2. The Morgan fingerprint density at radius 3 is 2.27 bits per heavy atom. The van der Waals surface area contributed by atoms with Crippen molar-refractivity contribution in [1.29, 1.82) is 0 Å². The SMILES string of the molecule is COc1cc(O)cc(OC)c1C1C2=CCC3C(=O)N(c4ccc(C)c(Cl)c4)C(=O)C3C2CC2=C1C(=O)C=C(C)C2=O. The van der Waals surface area contributed by atoms with Gasteiger partial charge in [0.2, 0.25) is 11.8 Å². The van der Waals surface area contributed by atoms with Crippen molar-refractivity contribution in [2.45, 2.75) is 32.6 Å². The van der Waals surface area contributed by atoms with Gasteiger partial charge in [0.1, 0.15) is 17.2 Å². The number of nitrogens with zero attached hydrogens (tertiary/aromatic N) is 1. The van der Waals surface area contributed by atoms with Gasteiger partial charge in [-0.15, -0.1) is 0 Å². The number of phenolic OH excluding ortho intramolecular Hbond substituents is 1. The minimum Gasteiger partial charge on any atom is -0.508 e. The maximum absolute atomic E-state index is 14.1. The summed E-state index contributed by atoms with van der Waals surface area (Å²) in [5.74, 6) is -3.42. The molecule has 9 heteroatoms. The van der Waals surface area contributed by atoms with Crippen molar-refractivity contribution < 1.29 is 33.8 Å². The lowest BCUT2D eigenvalue weighted by molar-refractivity contribution is -0.123. The minimum atomic E-state index is -0.776. The summed E-state index contributed by atoms with van der Waals surface area (Å²) in [5, 5.41) is 10.8. The van der Waals surface area contributed by atoms with Crippen molar-refractivity contribution in [1.82, 2.24) is 0 Å². The second-order valence-electron chi connectivity index (χ2n) is 10.9. The summed E-state index contributed by atoms with van der Waals surface area (Å²) in [6.07, 6.45) is 3.70. The van der Waals surface area contributed by atoms with E-state index in [0.717, 1.165) is 11.1 Å². The molecule has 3 aliphatic carbocycles. The lowest BCUT2D eigenvalue weighted by Crippen LogP contribution is -2.40. The molecule has 1 saturated heterocycles. The molecule has 1 heterocycles. The molecule has 4 atom stereocenters. The second kappa shape index (κ2) is 9.73. The van der Waals surface area contributed by atoms with Crippen LogP contribution in [0.25, 0.3) is 0 Å². The van der Waals surface area contributed by atoms with Gasteiger partial charge in [0.25, 0.3) is 0 Å². The van der Waals surface area contributed by atoms with E-state index in [4.69, 9.17) is 21.1 Å². The van der Waals surface area contributed by atoms with Crippen molar-refractivity contribution in [2.75, 3.05) is 19.1 Å². The number of benzene rings is 2. The summed E-state index contributed by atoms with van der Waals surface area (Å²) in [7, 11) is 2.89. The van der Waals surface area contributed by atoms with Gasteiger partial charge in [-0.1, -0.05) is 29.3 Å². The molecule has 0 spiro atoms. The standard InChI is InChI=1S/C32H28ClNO7/c1-14-5-6-16(10-22(14)33)34-31(38)19-8-7-18-20(26(19)32(34)39)13-21-27(23(36)9-15(2)30(21)37)28(18)29-24(40-3)11-17(35)12-25(29)41-4/h5-7,9-12,19-20,26,28,35H,8,13H2,1-4H3. The minimum absolute atomic E-state index is 0.0903. The molecule has 4 aliphatic rings. The van der Waals surface area contributed by atoms with Crippen LogP contribution in [-0.4, -0.2) is 42.7 Å². The highest BCUT2D eigenvalue weighted by molar-refractivity contribution is 6.32. The van der Waals surface area contributed by atoms with Crippen molar-refractivity contribution in [3.8, 4) is 17.2 Å². The molecule has 41 heavy (non-hydrogen) atoms. The van der Waals surface area contributed by atoms with Gasteiger partial charge in [0.05, 0.1) is 31.7 Å². The number of phenols is 1. The fourth-order valence-electron chi connectivity index (χ4n) is 6.90. The van der Waals surface area contributed by atoms with Crippen LogP contribution in [-0.2, 0) is 19.2 Å². The summed E-state index contributed by atoms with van der Waals surface area (Å²) in [6.45, 7) is 3.44. The number of anilines is 1. The molecule has 210 valence electrons. The van der Waals surface area contributed by atoms with Crippen molar-refractivity contribution in [2.24, 2.45) is 17.8 Å². The fourth-order valence-corrected chi connectivity index (χ4v) is 7.07. The van der Waals surface area contributed by atoms with Gasteiger partial charge >= 0.3 is 0 Å². The third kappa shape index (κ3) is 3.95. The normalized spacial score (nSPS) is 25.4. The number of rotatable bonds is 4. The van der Waals surface area contributed by atoms with E-state index in [1.807, 2.05) is 13.0 Å². The molecule has 2 aromatic carbocycles. The first-order valence-electron chi connectivity index (χ1n) is 13.4. The Labute approximate surface area is 241 Å². The number of ketones is 2. The lowest BCUT2D eigenvalue weighted by Gasteiger charge is -2.42. The Morgan fingerprint density at radius 1 is 0.951 bits per heavy atom. The molecule has 2 amide bonds. The van der Waals surface area contributed by atoms with Crippen LogP contribution in [0, 0.1) is 24.7 Å². The van der Waals surface area contributed by atoms with Gasteiger partial charge in [-0.2, -0.15) is 0 Å². The number of amides is 2. The fraction of sp³-hybridized carbons (Fsp3) is 0.312. The van der Waals surface area contributed by atoms with Crippen LogP contribution in [0.1, 0.15) is 36.8 Å². The number of fused-ring (bicyclic) bond motifs is 3. The maximum atomic E-state index is 14.1. The van der Waals surface area contributed by atoms with Crippen molar-refractivity contribution >= 4 is 40.7 Å². The molecule has 0 saturated carbocycles. The van der Waals surface area contributed by atoms with Gasteiger partial charge < -0.3 is 14.6 Å². The summed E-state index contributed by atoms with van der Waals surface area (Å²) >= 11 is 6.34. The number of Topliss-reactive ketones (excluding diaryl/α,β-unsaturated/α-hetero) is 1. The number of hydrogen-bond acceptors (Lipinski definition) is 7. The predicted octanol–water partition coefficient (Wildman–Crippen LogP) is 5.01. The predicted molar refractivity (Wildman–Crippen MR) is 151 cm³/mol. The second-order valence-corrected chi connectivity index (χ2v) is 11.3. The highest BCUT2D eigenvalue weighted by Gasteiger charge is 2.57. The Morgan fingerprint density at radius 2 is 1.63 bits per heavy atom. The summed E-state index contributed by atoms with van der Waals surface area (Å²) in [4.78, 5) is 56.1. The van der Waals surface area contributed by atoms with E-state index < -0.39 is 23.7 Å². The Kier molecular flexibility index (Phi) is 6.41. The van der Waals surface area contributed by atoms with Crippen LogP contribution >= 0.6 is 11.6 Å². The summed E-state index contributed by atoms with van der Waals surface area (Å²) in [5.41, 5.74) is 3.42. The van der Waals surface area contributed by atoms with E-state index in [9.17, 15) is 24.3 Å². The van der Waals surface area contributed by atoms with Crippen molar-refractivity contribution in [3.05, 3.63) is 80.9 Å². The summed E-state index contributed by atoms with van der Waals surface area (Å²) < 4.78 is 11.3. The molecule has 6 rings (SSSR count). The molecule has 2 aromatic rings. The largest absolute Gasteiger partial charge is 0.508 e. The number of imide groups is 1. The number of aromatic hydroxyl groups is 1. The zero-order valence-corrected chi connectivity index (χ0v) is 23.7. The quantitative estimate of drug-likeness (QED) is 0.311. The smallest absolute Gasteiger partial charge is 0.238 e. The van der Waals surface area contributed by atoms with Gasteiger partial charge in [-0.05, 0) is 56.4 Å². The summed E-state index contributed by atoms with van der Waals surface area (Å²) in [6, 6.07) is 7.94. The molecular formula is C32H28ClNO7. The molecule has 0 bridgehead atoms.